The number of nitrogens with two attached hydrogens (primary N) is 1. The maximum atomic E-state index is 13.5. The molecule has 6 nitrogen and oxygen atoms in total. The van der Waals surface area contributed by atoms with Crippen molar-refractivity contribution < 1.29 is 18.7 Å². The van der Waals surface area contributed by atoms with Crippen molar-refractivity contribution in [2.45, 2.75) is 0 Å². The second-order valence-electron chi connectivity index (χ2n) is 3.91. The molecule has 21 heavy (non-hydrogen) atoms. The first-order valence-corrected chi connectivity index (χ1v) is 5.78. The minimum Gasteiger partial charge on any atom is -0.464 e. The molecule has 1 aromatic heterocycles. The number of rotatable bonds is 3. The molecule has 0 fully saturated rings. The van der Waals surface area contributed by atoms with Crippen molar-refractivity contribution in [2.75, 3.05) is 12.8 Å². The summed E-state index contributed by atoms with van der Waals surface area (Å²) in [5.74, 6) is -1.55. The molecule has 0 radical (unpaired) electrons. The van der Waals surface area contributed by atoms with Crippen LogP contribution in [0.4, 0.5) is 10.1 Å². The van der Waals surface area contributed by atoms with Crippen LogP contribution in [0, 0.1) is 17.1 Å². The number of halogens is 1. The third-order valence-corrected chi connectivity index (χ3v) is 2.58. The molecule has 0 unspecified atom stereocenters. The Labute approximate surface area is 119 Å². The van der Waals surface area contributed by atoms with E-state index in [-0.39, 0.29) is 28.6 Å². The zero-order valence-electron chi connectivity index (χ0n) is 11.0. The van der Waals surface area contributed by atoms with Gasteiger partial charge in [-0.2, -0.15) is 5.26 Å². The molecule has 2 aromatic rings. The lowest BCUT2D eigenvalue weighted by atomic mass is 10.2. The van der Waals surface area contributed by atoms with Gasteiger partial charge in [-0.15, -0.1) is 0 Å². The van der Waals surface area contributed by atoms with E-state index in [0.29, 0.717) is 0 Å². The molecule has 0 saturated carbocycles. The van der Waals surface area contributed by atoms with Crippen LogP contribution in [0.25, 0.3) is 0 Å². The number of ether oxygens (including phenoxy) is 2. The first kappa shape index (κ1) is 14.3. The Morgan fingerprint density at radius 3 is 2.81 bits per heavy atom. The summed E-state index contributed by atoms with van der Waals surface area (Å²) >= 11 is 0. The molecule has 0 amide bonds. The van der Waals surface area contributed by atoms with Crippen LogP contribution in [0.1, 0.15) is 16.1 Å². The van der Waals surface area contributed by atoms with E-state index in [0.717, 1.165) is 6.07 Å². The Kier molecular flexibility index (Phi) is 4.00. The molecule has 2 N–H and O–H groups in total. The van der Waals surface area contributed by atoms with Crippen molar-refractivity contribution in [1.29, 1.82) is 5.26 Å². The zero-order valence-corrected chi connectivity index (χ0v) is 11.0. The zero-order chi connectivity index (χ0) is 15.4. The average Bonchev–Trinajstić information content (AvgIpc) is 2.49. The van der Waals surface area contributed by atoms with Gasteiger partial charge in [-0.3, -0.25) is 0 Å². The molecule has 0 saturated heterocycles. The number of pyridine rings is 1. The van der Waals surface area contributed by atoms with Crippen molar-refractivity contribution in [2.24, 2.45) is 0 Å². The van der Waals surface area contributed by atoms with Gasteiger partial charge in [0.05, 0.1) is 12.8 Å². The van der Waals surface area contributed by atoms with E-state index in [2.05, 4.69) is 9.72 Å². The van der Waals surface area contributed by atoms with E-state index >= 15 is 0 Å². The number of anilines is 1. The summed E-state index contributed by atoms with van der Waals surface area (Å²) in [6.45, 7) is 0. The maximum absolute atomic E-state index is 13.5. The van der Waals surface area contributed by atoms with Crippen molar-refractivity contribution in [1.82, 2.24) is 4.98 Å². The van der Waals surface area contributed by atoms with Crippen molar-refractivity contribution >= 4 is 11.7 Å². The number of carbonyl (C=O) groups is 1. The van der Waals surface area contributed by atoms with Gasteiger partial charge in [0.25, 0.3) is 0 Å². The van der Waals surface area contributed by atoms with Gasteiger partial charge in [0.1, 0.15) is 23.2 Å². The highest BCUT2D eigenvalue weighted by atomic mass is 19.1. The highest BCUT2D eigenvalue weighted by Crippen LogP contribution is 2.29. The third-order valence-electron chi connectivity index (χ3n) is 2.58. The summed E-state index contributed by atoms with van der Waals surface area (Å²) in [6.07, 6.45) is 0. The van der Waals surface area contributed by atoms with Gasteiger partial charge in [0.2, 0.25) is 5.88 Å². The number of nitriles is 1. The molecule has 7 heteroatoms. The Hall–Kier alpha value is -3.14. The van der Waals surface area contributed by atoms with Crippen LogP contribution in [-0.4, -0.2) is 18.1 Å². The molecule has 106 valence electrons. The number of esters is 1. The number of hydrogen-bond acceptors (Lipinski definition) is 6. The number of carbonyl (C=O) groups excluding carboxylic acids is 1. The first-order valence-electron chi connectivity index (χ1n) is 5.78. The monoisotopic (exact) mass is 287 g/mol. The van der Waals surface area contributed by atoms with E-state index in [1.807, 2.05) is 0 Å². The van der Waals surface area contributed by atoms with Crippen molar-refractivity contribution in [3.63, 3.8) is 0 Å². The summed E-state index contributed by atoms with van der Waals surface area (Å²) in [5, 5.41) is 8.93. The summed E-state index contributed by atoms with van der Waals surface area (Å²) in [7, 11) is 1.21. The van der Waals surface area contributed by atoms with Gasteiger partial charge in [0, 0.05) is 0 Å². The van der Waals surface area contributed by atoms with Gasteiger partial charge >= 0.3 is 5.97 Å². The molecule has 0 aliphatic heterocycles. The summed E-state index contributed by atoms with van der Waals surface area (Å²) < 4.78 is 23.4. The van der Waals surface area contributed by atoms with Gasteiger partial charge in [-0.05, 0) is 24.3 Å². The van der Waals surface area contributed by atoms with Gasteiger partial charge in [0.15, 0.2) is 5.69 Å². The Morgan fingerprint density at radius 1 is 1.38 bits per heavy atom. The lowest BCUT2D eigenvalue weighted by Crippen LogP contribution is -2.06. The summed E-state index contributed by atoms with van der Waals surface area (Å²) in [4.78, 5) is 15.3. The number of hydrogen-bond donors (Lipinski definition) is 1. The average molecular weight is 287 g/mol. The van der Waals surface area contributed by atoms with E-state index in [1.165, 1.54) is 31.4 Å². The van der Waals surface area contributed by atoms with Crippen molar-refractivity contribution in [3.05, 3.63) is 47.4 Å². The molecule has 0 atom stereocenters. The molecule has 2 rings (SSSR count). The number of methoxy groups -OCH3 is 1. The van der Waals surface area contributed by atoms with Crippen LogP contribution in [0.5, 0.6) is 11.6 Å². The van der Waals surface area contributed by atoms with Crippen LogP contribution in [0.2, 0.25) is 0 Å². The number of nitrogens with zero attached hydrogens (tertiary/aromatic N) is 2. The normalized spacial score (nSPS) is 9.76. The van der Waals surface area contributed by atoms with Gasteiger partial charge in [-0.25, -0.2) is 14.2 Å². The molecular formula is C14H10FN3O3. The maximum Gasteiger partial charge on any atom is 0.356 e. The summed E-state index contributed by atoms with van der Waals surface area (Å²) in [6, 6.07) is 8.37. The molecule has 1 heterocycles. The highest BCUT2D eigenvalue weighted by molar-refractivity contribution is 5.87. The predicted octanol–water partition coefficient (Wildman–Crippen LogP) is 2.25. The number of aromatic nitrogens is 1. The van der Waals surface area contributed by atoms with E-state index in [4.69, 9.17) is 15.7 Å². The number of benzene rings is 1. The quantitative estimate of drug-likeness (QED) is 0.869. The third kappa shape index (κ3) is 2.90. The van der Waals surface area contributed by atoms with E-state index in [9.17, 15) is 9.18 Å². The Morgan fingerprint density at radius 2 is 2.14 bits per heavy atom. The second-order valence-corrected chi connectivity index (χ2v) is 3.91. The van der Waals surface area contributed by atoms with Crippen LogP contribution in [-0.2, 0) is 4.74 Å². The minimum absolute atomic E-state index is 0.0170. The predicted molar refractivity (Wildman–Crippen MR) is 71.2 cm³/mol. The molecule has 1 aromatic carbocycles. The minimum atomic E-state index is -0.724. The van der Waals surface area contributed by atoms with Crippen LogP contribution in [0.15, 0.2) is 30.3 Å². The largest absolute Gasteiger partial charge is 0.464 e. The Balaban J connectivity index is 2.43. The fraction of sp³-hybridized carbons (Fsp3) is 0.0714. The van der Waals surface area contributed by atoms with Gasteiger partial charge < -0.3 is 15.2 Å². The first-order chi connectivity index (χ1) is 10.1. The molecule has 0 aliphatic carbocycles. The SMILES string of the molecule is COC(=O)c1ccc(N)c(Oc2cccc(F)c2C#N)n1. The highest BCUT2D eigenvalue weighted by Gasteiger charge is 2.15. The Bertz CT molecular complexity index is 741. The number of nitrogen functional groups attached to an aromatic ring is 1. The fourth-order valence-corrected chi connectivity index (χ4v) is 1.55. The summed E-state index contributed by atoms with van der Waals surface area (Å²) in [5.41, 5.74) is 5.53. The molecule has 0 bridgehead atoms. The standard InChI is InChI=1S/C14H10FN3O3/c1-20-14(19)11-6-5-10(17)13(18-11)21-12-4-2-3-9(15)8(12)7-16/h2-6H,17H2,1H3. The molecular weight excluding hydrogens is 277 g/mol. The second kappa shape index (κ2) is 5.88. The van der Waals surface area contributed by atoms with Gasteiger partial charge in [-0.1, -0.05) is 6.07 Å². The lowest BCUT2D eigenvalue weighted by molar-refractivity contribution is 0.0593. The van der Waals surface area contributed by atoms with E-state index in [1.54, 1.807) is 6.07 Å². The van der Waals surface area contributed by atoms with Crippen LogP contribution >= 0.6 is 0 Å². The van der Waals surface area contributed by atoms with Crippen LogP contribution in [0.3, 0.4) is 0 Å². The van der Waals surface area contributed by atoms with E-state index < -0.39 is 11.8 Å². The smallest absolute Gasteiger partial charge is 0.356 e. The molecule has 0 aliphatic rings. The fourth-order valence-electron chi connectivity index (χ4n) is 1.55. The molecule has 0 spiro atoms. The van der Waals surface area contributed by atoms with Crippen LogP contribution < -0.4 is 10.5 Å². The topological polar surface area (TPSA) is 98.2 Å². The lowest BCUT2D eigenvalue weighted by Gasteiger charge is -2.10. The van der Waals surface area contributed by atoms with Crippen molar-refractivity contribution in [3.8, 4) is 17.7 Å².